The maximum atomic E-state index is 14.8. The fourth-order valence-corrected chi connectivity index (χ4v) is 5.59. The number of piperidine rings is 1. The van der Waals surface area contributed by atoms with Crippen LogP contribution in [0.5, 0.6) is 0 Å². The number of aryl methyl sites for hydroxylation is 1. The van der Waals surface area contributed by atoms with Gasteiger partial charge in [-0.05, 0) is 49.9 Å². The number of hydrogen-bond donors (Lipinski definition) is 0. The topological polar surface area (TPSA) is 68.8 Å². The number of carbonyl (C=O) groups excluding carboxylic acids is 1. The molecular weight excluding hydrogens is 476 g/mol. The summed E-state index contributed by atoms with van der Waals surface area (Å²) in [6, 6.07) is 5.58. The first-order valence-electron chi connectivity index (χ1n) is 11.5. The molecule has 36 heavy (non-hydrogen) atoms. The van der Waals surface area contributed by atoms with Crippen LogP contribution in [0.4, 0.5) is 17.6 Å². The van der Waals surface area contributed by atoms with Crippen molar-refractivity contribution in [3.8, 4) is 16.9 Å². The van der Waals surface area contributed by atoms with Crippen LogP contribution in [-0.2, 0) is 13.5 Å². The average molecular weight is 496 g/mol. The van der Waals surface area contributed by atoms with Crippen molar-refractivity contribution in [1.29, 1.82) is 0 Å². The molecule has 184 valence electrons. The molecule has 0 saturated carbocycles. The van der Waals surface area contributed by atoms with E-state index in [0.717, 1.165) is 24.1 Å². The summed E-state index contributed by atoms with van der Waals surface area (Å²) in [5.74, 6) is -5.04. The number of nitrogens with zero attached hydrogens (tertiary/aromatic N) is 6. The van der Waals surface area contributed by atoms with Gasteiger partial charge in [-0.1, -0.05) is 6.07 Å². The molecule has 0 unspecified atom stereocenters. The van der Waals surface area contributed by atoms with Crippen LogP contribution in [0.25, 0.3) is 16.9 Å². The summed E-state index contributed by atoms with van der Waals surface area (Å²) < 4.78 is 59.2. The number of carbonyl (C=O) groups is 1. The number of hydrogen-bond acceptors (Lipinski definition) is 4. The second-order valence-corrected chi connectivity index (χ2v) is 9.08. The summed E-state index contributed by atoms with van der Waals surface area (Å²) in [6.07, 6.45) is 5.19. The molecule has 2 bridgehead atoms. The Labute approximate surface area is 203 Å². The summed E-state index contributed by atoms with van der Waals surface area (Å²) in [7, 11) is 1.65. The molecule has 2 aliphatic rings. The normalized spacial score (nSPS) is 18.9. The summed E-state index contributed by atoms with van der Waals surface area (Å²) in [5, 5.41) is 8.63. The van der Waals surface area contributed by atoms with E-state index >= 15 is 0 Å². The standard InChI is InChI=1S/C25H20F4N6O/c1-33-23(13-8-18(27)21(29)19(28)9-13)16-10-14-4-2-7-20(22(16)32-33)35(14)25(36)15-5-3-6-17(26)24(15)34-12-30-11-31-34/h3,5-6,8-9,11-12,14,20H,2,4,7,10H2,1H3/t14-,20+/m1/s1. The molecule has 6 rings (SSSR count). The van der Waals surface area contributed by atoms with Crippen molar-refractivity contribution in [3.63, 3.8) is 0 Å². The smallest absolute Gasteiger partial charge is 0.256 e. The van der Waals surface area contributed by atoms with E-state index in [-0.39, 0.29) is 28.8 Å². The minimum atomic E-state index is -1.53. The van der Waals surface area contributed by atoms with Crippen LogP contribution in [0.2, 0.25) is 0 Å². The maximum absolute atomic E-state index is 14.8. The highest BCUT2D eigenvalue weighted by Gasteiger charge is 2.44. The zero-order valence-corrected chi connectivity index (χ0v) is 19.1. The number of amides is 1. The minimum absolute atomic E-state index is 0.0165. The van der Waals surface area contributed by atoms with E-state index < -0.39 is 29.3 Å². The van der Waals surface area contributed by atoms with E-state index in [1.807, 2.05) is 0 Å². The molecule has 2 atom stereocenters. The summed E-state index contributed by atoms with van der Waals surface area (Å²) >= 11 is 0. The van der Waals surface area contributed by atoms with E-state index in [9.17, 15) is 22.4 Å². The molecule has 0 radical (unpaired) electrons. The van der Waals surface area contributed by atoms with Gasteiger partial charge < -0.3 is 4.90 Å². The second kappa shape index (κ2) is 8.28. The molecule has 1 amide bonds. The third-order valence-electron chi connectivity index (χ3n) is 7.03. The lowest BCUT2D eigenvalue weighted by Gasteiger charge is -2.45. The van der Waals surface area contributed by atoms with E-state index in [0.29, 0.717) is 30.7 Å². The van der Waals surface area contributed by atoms with E-state index in [1.54, 1.807) is 18.0 Å². The van der Waals surface area contributed by atoms with Crippen LogP contribution >= 0.6 is 0 Å². The predicted molar refractivity (Wildman–Crippen MR) is 120 cm³/mol. The van der Waals surface area contributed by atoms with Gasteiger partial charge in [0.2, 0.25) is 0 Å². The highest BCUT2D eigenvalue weighted by molar-refractivity contribution is 5.98. The molecule has 2 aliphatic heterocycles. The van der Waals surface area contributed by atoms with Crippen LogP contribution in [0, 0.1) is 23.3 Å². The van der Waals surface area contributed by atoms with Crippen molar-refractivity contribution < 1.29 is 22.4 Å². The van der Waals surface area contributed by atoms with Gasteiger partial charge in [0.1, 0.15) is 24.2 Å². The molecule has 1 saturated heterocycles. The quantitative estimate of drug-likeness (QED) is 0.309. The molecule has 0 spiro atoms. The molecule has 4 aromatic rings. The number of fused-ring (bicyclic) bond motifs is 4. The van der Waals surface area contributed by atoms with Crippen LogP contribution in [-0.4, -0.2) is 41.4 Å². The Morgan fingerprint density at radius 2 is 1.83 bits per heavy atom. The van der Waals surface area contributed by atoms with Crippen LogP contribution in [0.1, 0.15) is 46.9 Å². The maximum Gasteiger partial charge on any atom is 0.256 e. The molecule has 11 heteroatoms. The first kappa shape index (κ1) is 22.4. The van der Waals surface area contributed by atoms with Gasteiger partial charge in [0.05, 0.1) is 23.0 Å². The van der Waals surface area contributed by atoms with Crippen molar-refractivity contribution in [3.05, 3.63) is 83.1 Å². The van der Waals surface area contributed by atoms with E-state index in [2.05, 4.69) is 15.2 Å². The van der Waals surface area contributed by atoms with Gasteiger partial charge in [0, 0.05) is 24.2 Å². The Morgan fingerprint density at radius 3 is 2.56 bits per heavy atom. The first-order valence-corrected chi connectivity index (χ1v) is 11.5. The van der Waals surface area contributed by atoms with Gasteiger partial charge in [0.25, 0.3) is 5.91 Å². The number of para-hydroxylation sites is 1. The zero-order chi connectivity index (χ0) is 25.1. The number of halogens is 4. The minimum Gasteiger partial charge on any atom is -0.327 e. The molecule has 2 aromatic heterocycles. The fraction of sp³-hybridized carbons (Fsp3) is 0.280. The van der Waals surface area contributed by atoms with E-state index in [1.165, 1.54) is 34.2 Å². The highest BCUT2D eigenvalue weighted by Crippen LogP contribution is 2.45. The van der Waals surface area contributed by atoms with Crippen LogP contribution in [0.15, 0.2) is 43.0 Å². The Hall–Kier alpha value is -4.02. The monoisotopic (exact) mass is 496 g/mol. The molecule has 7 nitrogen and oxygen atoms in total. The Kier molecular flexibility index (Phi) is 5.16. The van der Waals surface area contributed by atoms with Gasteiger partial charge in [-0.2, -0.15) is 10.2 Å². The number of rotatable bonds is 3. The van der Waals surface area contributed by atoms with Crippen LogP contribution in [0.3, 0.4) is 0 Å². The summed E-state index contributed by atoms with van der Waals surface area (Å²) in [4.78, 5) is 19.5. The second-order valence-electron chi connectivity index (χ2n) is 9.08. The Bertz CT molecular complexity index is 1480. The van der Waals surface area contributed by atoms with Crippen molar-refractivity contribution in [2.75, 3.05) is 0 Å². The van der Waals surface area contributed by atoms with Crippen molar-refractivity contribution in [2.45, 2.75) is 37.8 Å². The zero-order valence-electron chi connectivity index (χ0n) is 19.1. The molecule has 4 heterocycles. The van der Waals surface area contributed by atoms with Crippen LogP contribution < -0.4 is 0 Å². The van der Waals surface area contributed by atoms with Crippen molar-refractivity contribution in [1.82, 2.24) is 29.4 Å². The largest absolute Gasteiger partial charge is 0.327 e. The average Bonchev–Trinajstić information content (AvgIpc) is 3.49. The fourth-order valence-electron chi connectivity index (χ4n) is 5.59. The van der Waals surface area contributed by atoms with Crippen molar-refractivity contribution >= 4 is 5.91 Å². The van der Waals surface area contributed by atoms with Gasteiger partial charge in [-0.15, -0.1) is 0 Å². The molecule has 1 fully saturated rings. The highest BCUT2D eigenvalue weighted by atomic mass is 19.2. The molecule has 0 N–H and O–H groups in total. The first-order chi connectivity index (χ1) is 17.3. The molecular formula is C25H20F4N6O. The van der Waals surface area contributed by atoms with Crippen molar-refractivity contribution in [2.24, 2.45) is 7.05 Å². The Morgan fingerprint density at radius 1 is 1.06 bits per heavy atom. The van der Waals surface area contributed by atoms with Gasteiger partial charge in [-0.3, -0.25) is 9.48 Å². The molecule has 0 aliphatic carbocycles. The van der Waals surface area contributed by atoms with E-state index in [4.69, 9.17) is 0 Å². The molecule has 2 aromatic carbocycles. The van der Waals surface area contributed by atoms with Gasteiger partial charge >= 0.3 is 0 Å². The number of aromatic nitrogens is 5. The Balaban J connectivity index is 1.45. The third kappa shape index (κ3) is 3.33. The van der Waals surface area contributed by atoms with Gasteiger partial charge in [-0.25, -0.2) is 27.2 Å². The van der Waals surface area contributed by atoms with Gasteiger partial charge in [0.15, 0.2) is 17.5 Å². The third-order valence-corrected chi connectivity index (χ3v) is 7.03. The SMILES string of the molecule is Cn1nc2c(c1-c1cc(F)c(F)c(F)c1)C[C@H]1CCC[C@@H]2N1C(=O)c1cccc(F)c1-n1cncn1. The number of benzene rings is 2. The predicted octanol–water partition coefficient (Wildman–Crippen LogP) is 4.52. The lowest BCUT2D eigenvalue weighted by molar-refractivity contribution is 0.0391. The summed E-state index contributed by atoms with van der Waals surface area (Å²) in [5.41, 5.74) is 2.24. The lowest BCUT2D eigenvalue weighted by Crippen LogP contribution is -2.50. The lowest BCUT2D eigenvalue weighted by atomic mass is 9.81. The summed E-state index contributed by atoms with van der Waals surface area (Å²) in [6.45, 7) is 0.